The fourth-order valence-electron chi connectivity index (χ4n) is 2.03. The molecule has 2 aromatic rings. The molecule has 0 heterocycles. The molecule has 0 saturated heterocycles. The van der Waals surface area contributed by atoms with Gasteiger partial charge in [0.05, 0.1) is 9.82 Å². The van der Waals surface area contributed by atoms with Crippen LogP contribution in [0.15, 0.2) is 53.4 Å². The van der Waals surface area contributed by atoms with Crippen LogP contribution < -0.4 is 0 Å². The molecule has 0 aromatic heterocycles. The third-order valence-electron chi connectivity index (χ3n) is 3.41. The molecule has 0 amide bonds. The third kappa shape index (κ3) is 3.32. The number of nitro groups is 1. The van der Waals surface area contributed by atoms with Crippen LogP contribution in [0.4, 0.5) is 5.69 Å². The van der Waals surface area contributed by atoms with E-state index in [0.29, 0.717) is 0 Å². The van der Waals surface area contributed by atoms with E-state index in [-0.39, 0.29) is 17.1 Å². The summed E-state index contributed by atoms with van der Waals surface area (Å²) < 4.78 is 26.2. The van der Waals surface area contributed by atoms with Crippen molar-refractivity contribution in [2.24, 2.45) is 0 Å². The molecule has 0 spiro atoms. The summed E-state index contributed by atoms with van der Waals surface area (Å²) in [6, 6.07) is 12.4. The van der Waals surface area contributed by atoms with E-state index in [1.165, 1.54) is 35.6 Å². The molecule has 0 aliphatic carbocycles. The Morgan fingerprint density at radius 1 is 1.09 bits per heavy atom. The number of nitrogens with zero attached hydrogens (tertiary/aromatic N) is 2. The minimum Gasteiger partial charge on any atom is -0.258 e. The molecule has 0 radical (unpaired) electrons. The summed E-state index contributed by atoms with van der Waals surface area (Å²) in [6.45, 7) is 2.16. The fourth-order valence-corrected chi connectivity index (χ4v) is 3.18. The summed E-state index contributed by atoms with van der Waals surface area (Å²) in [6.07, 6.45) is 0. The maximum atomic E-state index is 12.5. The Kier molecular flexibility index (Phi) is 4.58. The molecule has 22 heavy (non-hydrogen) atoms. The quantitative estimate of drug-likeness (QED) is 0.626. The molecular weight excluding hydrogens is 304 g/mol. The Bertz CT molecular complexity index is 785. The molecule has 6 nitrogen and oxygen atoms in total. The predicted octanol–water partition coefficient (Wildman–Crippen LogP) is 2.72. The molecule has 0 atom stereocenters. The van der Waals surface area contributed by atoms with Crippen LogP contribution >= 0.6 is 0 Å². The van der Waals surface area contributed by atoms with Crippen LogP contribution in [0.5, 0.6) is 0 Å². The molecule has 0 aliphatic rings. The lowest BCUT2D eigenvalue weighted by Crippen LogP contribution is -2.26. The number of aryl methyl sites for hydroxylation is 1. The van der Waals surface area contributed by atoms with Gasteiger partial charge in [0.1, 0.15) is 0 Å². The van der Waals surface area contributed by atoms with Gasteiger partial charge in [-0.25, -0.2) is 8.42 Å². The van der Waals surface area contributed by atoms with Gasteiger partial charge < -0.3 is 0 Å². The smallest absolute Gasteiger partial charge is 0.258 e. The zero-order valence-corrected chi connectivity index (χ0v) is 13.1. The summed E-state index contributed by atoms with van der Waals surface area (Å²) in [5.74, 6) is 0. The van der Waals surface area contributed by atoms with Gasteiger partial charge in [0, 0.05) is 25.7 Å². The summed E-state index contributed by atoms with van der Waals surface area (Å²) in [5.41, 5.74) is 1.78. The van der Waals surface area contributed by atoms with Crippen molar-refractivity contribution in [1.29, 1.82) is 0 Å². The van der Waals surface area contributed by atoms with Crippen LogP contribution in [0.1, 0.15) is 11.1 Å². The van der Waals surface area contributed by atoms with Gasteiger partial charge in [0.2, 0.25) is 10.0 Å². The van der Waals surface area contributed by atoms with E-state index in [1.807, 2.05) is 31.2 Å². The first-order valence-electron chi connectivity index (χ1n) is 6.57. The minimum absolute atomic E-state index is 0.0363. The number of benzene rings is 2. The Balaban J connectivity index is 2.26. The Hall–Kier alpha value is -2.25. The lowest BCUT2D eigenvalue weighted by Gasteiger charge is -2.18. The van der Waals surface area contributed by atoms with Gasteiger partial charge in [-0.3, -0.25) is 10.1 Å². The summed E-state index contributed by atoms with van der Waals surface area (Å²) in [5, 5.41) is 10.6. The molecular formula is C15H16N2O4S. The van der Waals surface area contributed by atoms with Crippen molar-refractivity contribution in [1.82, 2.24) is 4.31 Å². The molecule has 0 aliphatic heterocycles. The molecule has 116 valence electrons. The van der Waals surface area contributed by atoms with Crippen molar-refractivity contribution < 1.29 is 13.3 Å². The first-order valence-corrected chi connectivity index (χ1v) is 8.01. The van der Waals surface area contributed by atoms with Gasteiger partial charge in [0.25, 0.3) is 5.69 Å². The van der Waals surface area contributed by atoms with Crippen LogP contribution in [0.25, 0.3) is 0 Å². The number of non-ortho nitro benzene ring substituents is 1. The number of nitro benzene ring substituents is 1. The summed E-state index contributed by atoms with van der Waals surface area (Å²) in [4.78, 5) is 10.1. The van der Waals surface area contributed by atoms with Crippen molar-refractivity contribution in [3.05, 3.63) is 69.8 Å². The van der Waals surface area contributed by atoms with Crippen molar-refractivity contribution in [3.63, 3.8) is 0 Å². The highest BCUT2D eigenvalue weighted by Gasteiger charge is 2.22. The van der Waals surface area contributed by atoms with Crippen LogP contribution in [-0.2, 0) is 16.6 Å². The average molecular weight is 320 g/mol. The Labute approximate surface area is 129 Å². The molecule has 0 bridgehead atoms. The molecule has 0 unspecified atom stereocenters. The largest absolute Gasteiger partial charge is 0.269 e. The van der Waals surface area contributed by atoms with Crippen molar-refractivity contribution >= 4 is 15.7 Å². The minimum atomic E-state index is -3.69. The van der Waals surface area contributed by atoms with E-state index in [4.69, 9.17) is 0 Å². The van der Waals surface area contributed by atoms with Crippen LogP contribution in [0.3, 0.4) is 0 Å². The second kappa shape index (κ2) is 6.25. The maximum Gasteiger partial charge on any atom is 0.269 e. The number of hydrogen-bond acceptors (Lipinski definition) is 4. The predicted molar refractivity (Wildman–Crippen MR) is 82.9 cm³/mol. The van der Waals surface area contributed by atoms with E-state index in [2.05, 4.69) is 0 Å². The normalized spacial score (nSPS) is 11.6. The van der Waals surface area contributed by atoms with Crippen molar-refractivity contribution in [2.45, 2.75) is 18.4 Å². The number of hydrogen-bond donors (Lipinski definition) is 0. The highest BCUT2D eigenvalue weighted by molar-refractivity contribution is 7.89. The second-order valence-corrected chi connectivity index (χ2v) is 6.98. The third-order valence-corrected chi connectivity index (χ3v) is 5.23. The van der Waals surface area contributed by atoms with Gasteiger partial charge in [-0.1, -0.05) is 24.3 Å². The SMILES string of the molecule is Cc1ccccc1CN(C)S(=O)(=O)c1ccc([N+](=O)[O-])cc1. The first-order chi connectivity index (χ1) is 10.3. The highest BCUT2D eigenvalue weighted by atomic mass is 32.2. The van der Waals surface area contributed by atoms with Crippen LogP contribution in [0, 0.1) is 17.0 Å². The zero-order chi connectivity index (χ0) is 16.3. The van der Waals surface area contributed by atoms with Gasteiger partial charge in [-0.05, 0) is 30.2 Å². The van der Waals surface area contributed by atoms with E-state index >= 15 is 0 Å². The number of sulfonamides is 1. The maximum absolute atomic E-state index is 12.5. The van der Waals surface area contributed by atoms with Crippen LogP contribution in [0.2, 0.25) is 0 Å². The number of rotatable bonds is 5. The van der Waals surface area contributed by atoms with Gasteiger partial charge in [-0.15, -0.1) is 0 Å². The van der Waals surface area contributed by atoms with Gasteiger partial charge in [0.15, 0.2) is 0 Å². The van der Waals surface area contributed by atoms with E-state index in [1.54, 1.807) is 0 Å². The van der Waals surface area contributed by atoms with Crippen LogP contribution in [-0.4, -0.2) is 24.7 Å². The lowest BCUT2D eigenvalue weighted by atomic mass is 10.1. The Morgan fingerprint density at radius 2 is 1.68 bits per heavy atom. The Morgan fingerprint density at radius 3 is 2.23 bits per heavy atom. The van der Waals surface area contributed by atoms with E-state index in [9.17, 15) is 18.5 Å². The topological polar surface area (TPSA) is 80.5 Å². The van der Waals surface area contributed by atoms with E-state index in [0.717, 1.165) is 11.1 Å². The van der Waals surface area contributed by atoms with Crippen molar-refractivity contribution in [3.8, 4) is 0 Å². The van der Waals surface area contributed by atoms with E-state index < -0.39 is 14.9 Å². The summed E-state index contributed by atoms with van der Waals surface area (Å²) in [7, 11) is -2.20. The molecule has 7 heteroatoms. The monoisotopic (exact) mass is 320 g/mol. The molecule has 0 saturated carbocycles. The second-order valence-electron chi connectivity index (χ2n) is 4.94. The fraction of sp³-hybridized carbons (Fsp3) is 0.200. The van der Waals surface area contributed by atoms with Gasteiger partial charge >= 0.3 is 0 Å². The standard InChI is InChI=1S/C15H16N2O4S/c1-12-5-3-4-6-13(12)11-16(2)22(20,21)15-9-7-14(8-10-15)17(18)19/h3-10H,11H2,1-2H3. The molecule has 0 fully saturated rings. The molecule has 2 rings (SSSR count). The molecule has 0 N–H and O–H groups in total. The highest BCUT2D eigenvalue weighted by Crippen LogP contribution is 2.20. The molecule has 2 aromatic carbocycles. The average Bonchev–Trinajstić information content (AvgIpc) is 2.49. The van der Waals surface area contributed by atoms with Crippen molar-refractivity contribution in [2.75, 3.05) is 7.05 Å². The first kappa shape index (κ1) is 16.1. The lowest BCUT2D eigenvalue weighted by molar-refractivity contribution is -0.384. The zero-order valence-electron chi connectivity index (χ0n) is 12.3. The summed E-state index contributed by atoms with van der Waals surface area (Å²) >= 11 is 0. The van der Waals surface area contributed by atoms with Gasteiger partial charge in [-0.2, -0.15) is 4.31 Å².